The van der Waals surface area contributed by atoms with E-state index in [9.17, 15) is 10.2 Å². The fourth-order valence-corrected chi connectivity index (χ4v) is 1.60. The molecule has 0 heterocycles. The molecule has 0 unspecified atom stereocenters. The van der Waals surface area contributed by atoms with E-state index in [1.165, 1.54) is 0 Å². The van der Waals surface area contributed by atoms with E-state index in [4.69, 9.17) is 0 Å². The highest BCUT2D eigenvalue weighted by atomic mass is 32.1. The molecule has 84 valence electrons. The lowest BCUT2D eigenvalue weighted by Crippen LogP contribution is -2.20. The van der Waals surface area contributed by atoms with Gasteiger partial charge in [0.2, 0.25) is 0 Å². The number of thiol groups is 1. The quantitative estimate of drug-likeness (QED) is 0.678. The maximum absolute atomic E-state index is 9.89. The molecule has 0 aliphatic heterocycles. The highest BCUT2D eigenvalue weighted by Gasteiger charge is 2.22. The van der Waals surface area contributed by atoms with Crippen LogP contribution in [0.1, 0.15) is 38.8 Å². The Morgan fingerprint density at radius 3 is 1.47 bits per heavy atom. The molecule has 0 saturated heterocycles. The number of hydrogen-bond donors (Lipinski definition) is 3. The molecular formula is C12H18O2S. The van der Waals surface area contributed by atoms with E-state index in [0.717, 1.165) is 16.0 Å². The molecule has 2 N–H and O–H groups in total. The van der Waals surface area contributed by atoms with Crippen LogP contribution in [0.5, 0.6) is 0 Å². The molecule has 0 saturated carbocycles. The predicted molar refractivity (Wildman–Crippen MR) is 64.2 cm³/mol. The molecule has 0 spiro atoms. The molecule has 3 heteroatoms. The van der Waals surface area contributed by atoms with Crippen molar-refractivity contribution < 1.29 is 10.2 Å². The van der Waals surface area contributed by atoms with E-state index < -0.39 is 11.2 Å². The van der Waals surface area contributed by atoms with Crippen molar-refractivity contribution in [2.75, 3.05) is 0 Å². The predicted octanol–water partition coefficient (Wildman–Crippen LogP) is 2.43. The minimum Gasteiger partial charge on any atom is -0.386 e. The summed E-state index contributed by atoms with van der Waals surface area (Å²) >= 11 is 4.27. The summed E-state index contributed by atoms with van der Waals surface area (Å²) in [7, 11) is 0. The third kappa shape index (κ3) is 3.23. The van der Waals surface area contributed by atoms with Crippen molar-refractivity contribution >= 4 is 12.6 Å². The zero-order chi connectivity index (χ0) is 11.9. The molecule has 15 heavy (non-hydrogen) atoms. The number of rotatable bonds is 2. The third-order valence-corrected chi connectivity index (χ3v) is 2.59. The number of hydrogen-bond acceptors (Lipinski definition) is 3. The molecule has 0 aliphatic carbocycles. The van der Waals surface area contributed by atoms with Gasteiger partial charge in [-0.25, -0.2) is 0 Å². The Balaban J connectivity index is 3.30. The summed E-state index contributed by atoms with van der Waals surface area (Å²) in [4.78, 5) is 0.742. The van der Waals surface area contributed by atoms with Gasteiger partial charge in [0.25, 0.3) is 0 Å². The maximum Gasteiger partial charge on any atom is 0.0841 e. The Labute approximate surface area is 96.4 Å². The molecule has 1 aromatic rings. The van der Waals surface area contributed by atoms with Crippen LogP contribution in [0.4, 0.5) is 0 Å². The lowest BCUT2D eigenvalue weighted by molar-refractivity contribution is 0.0714. The minimum atomic E-state index is -0.918. The van der Waals surface area contributed by atoms with Crippen molar-refractivity contribution in [2.45, 2.75) is 43.8 Å². The normalized spacial score (nSPS) is 13.0. The molecule has 0 atom stereocenters. The van der Waals surface area contributed by atoms with Crippen molar-refractivity contribution in [3.63, 3.8) is 0 Å². The van der Waals surface area contributed by atoms with Crippen LogP contribution in [-0.4, -0.2) is 10.2 Å². The van der Waals surface area contributed by atoms with Crippen LogP contribution in [0.25, 0.3) is 0 Å². The summed E-state index contributed by atoms with van der Waals surface area (Å²) in [5.74, 6) is 0. The van der Waals surface area contributed by atoms with E-state index >= 15 is 0 Å². The molecular weight excluding hydrogens is 208 g/mol. The zero-order valence-corrected chi connectivity index (χ0v) is 10.5. The molecule has 0 aromatic heterocycles. The van der Waals surface area contributed by atoms with E-state index in [2.05, 4.69) is 12.6 Å². The highest BCUT2D eigenvalue weighted by Crippen LogP contribution is 2.28. The fourth-order valence-electron chi connectivity index (χ4n) is 1.32. The lowest BCUT2D eigenvalue weighted by Gasteiger charge is -2.23. The molecule has 0 bridgehead atoms. The van der Waals surface area contributed by atoms with Crippen LogP contribution in [0, 0.1) is 0 Å². The van der Waals surface area contributed by atoms with Crippen molar-refractivity contribution in [2.24, 2.45) is 0 Å². The Bertz CT molecular complexity index is 327. The van der Waals surface area contributed by atoms with E-state index in [1.807, 2.05) is 0 Å². The summed E-state index contributed by atoms with van der Waals surface area (Å²) in [6, 6.07) is 5.41. The molecule has 0 radical (unpaired) electrons. The maximum atomic E-state index is 9.89. The molecule has 2 nitrogen and oxygen atoms in total. The van der Waals surface area contributed by atoms with Gasteiger partial charge in [-0.1, -0.05) is 6.07 Å². The number of aliphatic hydroxyl groups is 2. The van der Waals surface area contributed by atoms with Gasteiger partial charge in [-0.2, -0.15) is 0 Å². The van der Waals surface area contributed by atoms with Gasteiger partial charge >= 0.3 is 0 Å². The molecule has 0 fully saturated rings. The first kappa shape index (κ1) is 12.6. The fraction of sp³-hybridized carbons (Fsp3) is 0.500. The van der Waals surface area contributed by atoms with Crippen molar-refractivity contribution in [3.05, 3.63) is 29.3 Å². The lowest BCUT2D eigenvalue weighted by atomic mass is 9.91. The Morgan fingerprint density at radius 2 is 1.20 bits per heavy atom. The van der Waals surface area contributed by atoms with Gasteiger partial charge in [0.05, 0.1) is 11.2 Å². The van der Waals surface area contributed by atoms with Crippen LogP contribution in [0.15, 0.2) is 23.1 Å². The molecule has 0 aliphatic rings. The first-order valence-electron chi connectivity index (χ1n) is 4.90. The highest BCUT2D eigenvalue weighted by molar-refractivity contribution is 7.80. The molecule has 0 amide bonds. The number of benzene rings is 1. The van der Waals surface area contributed by atoms with Crippen molar-refractivity contribution in [3.8, 4) is 0 Å². The second-order valence-electron chi connectivity index (χ2n) is 4.89. The van der Waals surface area contributed by atoms with Gasteiger partial charge in [0.15, 0.2) is 0 Å². The van der Waals surface area contributed by atoms with Crippen LogP contribution in [0.2, 0.25) is 0 Å². The second kappa shape index (κ2) is 3.81. The van der Waals surface area contributed by atoms with Crippen LogP contribution in [-0.2, 0) is 11.2 Å². The summed E-state index contributed by atoms with van der Waals surface area (Å²) < 4.78 is 0. The smallest absolute Gasteiger partial charge is 0.0841 e. The Hall–Kier alpha value is -0.510. The SMILES string of the molecule is CC(C)(O)c1cc(S)cc(C(C)(C)O)c1. The topological polar surface area (TPSA) is 40.5 Å². The van der Waals surface area contributed by atoms with Crippen molar-refractivity contribution in [1.29, 1.82) is 0 Å². The first-order chi connectivity index (χ1) is 6.60. The van der Waals surface area contributed by atoms with Crippen LogP contribution in [0.3, 0.4) is 0 Å². The second-order valence-corrected chi connectivity index (χ2v) is 5.40. The summed E-state index contributed by atoms with van der Waals surface area (Å²) in [5.41, 5.74) is -0.323. The largest absolute Gasteiger partial charge is 0.386 e. The zero-order valence-electron chi connectivity index (χ0n) is 9.57. The van der Waals surface area contributed by atoms with Gasteiger partial charge < -0.3 is 10.2 Å². The standard InChI is InChI=1S/C12H18O2S/c1-11(2,13)8-5-9(12(3,4)14)7-10(15)6-8/h5-7,13-15H,1-4H3. The first-order valence-corrected chi connectivity index (χ1v) is 5.35. The van der Waals surface area contributed by atoms with Crippen LogP contribution >= 0.6 is 12.6 Å². The van der Waals surface area contributed by atoms with E-state index in [0.29, 0.717) is 0 Å². The average Bonchev–Trinajstić information content (AvgIpc) is 1.99. The Morgan fingerprint density at radius 1 is 0.867 bits per heavy atom. The van der Waals surface area contributed by atoms with Gasteiger partial charge in [0, 0.05) is 4.90 Å². The van der Waals surface area contributed by atoms with Crippen LogP contribution < -0.4 is 0 Å². The van der Waals surface area contributed by atoms with Gasteiger partial charge in [-0.15, -0.1) is 12.6 Å². The van der Waals surface area contributed by atoms with Gasteiger partial charge in [0.1, 0.15) is 0 Å². The van der Waals surface area contributed by atoms with E-state index in [-0.39, 0.29) is 0 Å². The summed E-state index contributed by atoms with van der Waals surface area (Å²) in [6.45, 7) is 6.85. The van der Waals surface area contributed by atoms with Crippen molar-refractivity contribution in [1.82, 2.24) is 0 Å². The van der Waals surface area contributed by atoms with E-state index in [1.54, 1.807) is 45.9 Å². The summed E-state index contributed by atoms with van der Waals surface area (Å²) in [6.07, 6.45) is 0. The van der Waals surface area contributed by atoms with Gasteiger partial charge in [-0.05, 0) is 51.0 Å². The Kier molecular flexibility index (Phi) is 3.19. The molecule has 1 rings (SSSR count). The monoisotopic (exact) mass is 226 g/mol. The van der Waals surface area contributed by atoms with Gasteiger partial charge in [-0.3, -0.25) is 0 Å². The summed E-state index contributed by atoms with van der Waals surface area (Å²) in [5, 5.41) is 19.8. The minimum absolute atomic E-state index is 0.742. The third-order valence-electron chi connectivity index (χ3n) is 2.33. The average molecular weight is 226 g/mol. The molecule has 1 aromatic carbocycles.